The van der Waals surface area contributed by atoms with Crippen molar-refractivity contribution in [1.29, 1.82) is 0 Å². The summed E-state index contributed by atoms with van der Waals surface area (Å²) in [5.41, 5.74) is 1.36. The van der Waals surface area contributed by atoms with Gasteiger partial charge < -0.3 is 18.3 Å². The quantitative estimate of drug-likeness (QED) is 0.107. The number of hydrogen-bond donors (Lipinski definition) is 0. The highest BCUT2D eigenvalue weighted by molar-refractivity contribution is 7.19. The van der Waals surface area contributed by atoms with Crippen LogP contribution in [0.5, 0.6) is 0 Å². The number of benzene rings is 8. The lowest BCUT2D eigenvalue weighted by Crippen LogP contribution is -2.74. The molecule has 12 aromatic rings. The minimum atomic E-state index is -3.98. The molecule has 8 aromatic carbocycles. The molecule has 0 spiro atoms. The van der Waals surface area contributed by atoms with Crippen molar-refractivity contribution in [3.63, 3.8) is 0 Å². The first kappa shape index (κ1) is 32.7. The molecule has 0 fully saturated rings. The second-order valence-corrected chi connectivity index (χ2v) is 28.0. The van der Waals surface area contributed by atoms with E-state index in [4.69, 9.17) is 15.1 Å². The van der Waals surface area contributed by atoms with Crippen molar-refractivity contribution < 1.29 is 26.0 Å². The first-order chi connectivity index (χ1) is 44.6. The summed E-state index contributed by atoms with van der Waals surface area (Å²) in [4.78, 5) is 0. The van der Waals surface area contributed by atoms with Crippen LogP contribution in [0.4, 0.5) is 0 Å². The maximum atomic E-state index is 9.81. The van der Waals surface area contributed by atoms with Crippen molar-refractivity contribution in [2.75, 3.05) is 0 Å². The third-order valence-corrected chi connectivity index (χ3v) is 19.5. The summed E-state index contributed by atoms with van der Waals surface area (Å²) in [5.74, 6) is 0. The van der Waals surface area contributed by atoms with Crippen LogP contribution in [0.2, 0.25) is 0 Å². The molecule has 0 bridgehead atoms. The van der Waals surface area contributed by atoms with Crippen molar-refractivity contribution in [1.82, 2.24) is 18.3 Å². The molecule has 0 aliphatic carbocycles. The number of rotatable bonds is 8. The Balaban J connectivity index is 1.19. The van der Waals surface area contributed by atoms with E-state index in [-0.39, 0.29) is 112 Å². The molecule has 5 heteroatoms. The predicted octanol–water partition coefficient (Wildman–Crippen LogP) is 16.0. The van der Waals surface area contributed by atoms with Crippen molar-refractivity contribution in [2.24, 2.45) is 0 Å². The van der Waals surface area contributed by atoms with Gasteiger partial charge in [0.15, 0.2) is 8.07 Å². The Bertz CT molecular complexity index is 4890. The molecule has 12 rings (SSSR count). The molecule has 4 nitrogen and oxygen atoms in total. The minimum Gasteiger partial charge on any atom is -0.316 e. The Labute approximate surface area is 483 Å². The monoisotopic (exact) mass is 1040 g/mol. The molecule has 384 valence electrons. The zero-order valence-corrected chi connectivity index (χ0v) is 46.6. The molecular formula is C72H72N4Si. The Morgan fingerprint density at radius 3 is 0.753 bits per heavy atom. The highest BCUT2D eigenvalue weighted by atomic mass is 28.3. The summed E-state index contributed by atoms with van der Waals surface area (Å²) >= 11 is 0. The van der Waals surface area contributed by atoms with E-state index in [0.29, 0.717) is 55.9 Å². The Hall–Kier alpha value is -7.86. The van der Waals surface area contributed by atoms with Gasteiger partial charge in [0.2, 0.25) is 0 Å². The fourth-order valence-corrected chi connectivity index (χ4v) is 15.6. The van der Waals surface area contributed by atoms with Crippen molar-refractivity contribution >= 4 is 72.4 Å². The summed E-state index contributed by atoms with van der Waals surface area (Å²) in [6, 6.07) is 26.8. The Morgan fingerprint density at radius 1 is 0.286 bits per heavy atom. The normalized spacial score (nSPS) is 16.4. The van der Waals surface area contributed by atoms with E-state index in [1.165, 1.54) is 6.07 Å². The van der Waals surface area contributed by atoms with E-state index in [1.54, 1.807) is 18.3 Å². The molecule has 0 radical (unpaired) electrons. The van der Waals surface area contributed by atoms with Gasteiger partial charge in [-0.05, 0) is 137 Å². The van der Waals surface area contributed by atoms with Gasteiger partial charge in [0.1, 0.15) is 0 Å². The van der Waals surface area contributed by atoms with Gasteiger partial charge in [0, 0.05) is 69.0 Å². The van der Waals surface area contributed by atoms with Gasteiger partial charge in [-0.2, -0.15) is 0 Å². The van der Waals surface area contributed by atoms with Crippen LogP contribution in [0.1, 0.15) is 131 Å². The van der Waals surface area contributed by atoms with Gasteiger partial charge in [0.05, 0.1) is 48.1 Å². The Morgan fingerprint density at radius 2 is 0.506 bits per heavy atom. The molecule has 0 atom stereocenters. The van der Waals surface area contributed by atoms with E-state index in [2.05, 4.69) is 0 Å². The largest absolute Gasteiger partial charge is 0.316 e. The van der Waals surface area contributed by atoms with Crippen LogP contribution in [-0.2, 0) is 21.7 Å². The van der Waals surface area contributed by atoms with Crippen LogP contribution in [0, 0.1) is 0 Å². The lowest BCUT2D eigenvalue weighted by atomic mass is 9.87. The Kier molecular flexibility index (Phi) is 7.69. The zero-order valence-electron chi connectivity index (χ0n) is 64.6. The predicted molar refractivity (Wildman–Crippen MR) is 332 cm³/mol. The van der Waals surface area contributed by atoms with Gasteiger partial charge in [0.25, 0.3) is 0 Å². The van der Waals surface area contributed by atoms with Crippen LogP contribution in [-0.4, -0.2) is 26.3 Å². The molecule has 0 saturated carbocycles. The third-order valence-electron chi connectivity index (χ3n) is 14.7. The molecule has 0 unspecified atom stereocenters. The first-order valence-electron chi connectivity index (χ1n) is 35.5. The van der Waals surface area contributed by atoms with E-state index in [1.807, 2.05) is 180 Å². The molecule has 0 aliphatic rings. The SMILES string of the molecule is [2H]c1cc([2H])c2c(c1[2H])c(C(C)(C)C)c([2H])n2-c1ccc([Si](c2ccc(-n3c([2H])c(C(C)(C)C)c4c([2H])c([2H])c([2H])c([2H])c43)cc2)(c2ccc(-n3c([2H])c(C(C)(C)C)c4c([2H])c([2H])c([2H])c([2H])c43)cc2)c2ccc(-n3c([2H])c(C(C)(C)C)c4c([2H])c([2H])c([2H])c([2H])c43)cc2)cc1. The van der Waals surface area contributed by atoms with Crippen LogP contribution < -0.4 is 20.7 Å². The summed E-state index contributed by atoms with van der Waals surface area (Å²) in [6.45, 7) is 22.8. The second kappa shape index (κ2) is 18.1. The van der Waals surface area contributed by atoms with Crippen LogP contribution >= 0.6 is 0 Å². The van der Waals surface area contributed by atoms with Crippen LogP contribution in [0.3, 0.4) is 0 Å². The standard InChI is InChI=1S/C72H72N4Si/c1-69(2,3)61-45-73(65-25-17-13-21-57(61)65)49-29-37-53(38-30-49)77(54-39-31-50(32-40-54)74-46-62(70(4,5)6)58-22-14-18-26-66(58)74,55-41-33-51(34-42-55)75-47-63(71(7,8)9)59-23-15-19-27-67(59)75)56-43-35-52(36-44-56)76-48-64(72(10,11)12)60-24-16-20-28-68(60)76/h13-48H,1-12H3/i13D,14D,15D,16D,17D,18D,19D,21D,22D,23D,24D,25D,26D,27D,28D,45D,46D,47D,48D. The highest BCUT2D eigenvalue weighted by Crippen LogP contribution is 2.38. The molecule has 0 N–H and O–H groups in total. The molecule has 0 amide bonds. The maximum Gasteiger partial charge on any atom is 0.179 e. The summed E-state index contributed by atoms with van der Waals surface area (Å²) < 4.78 is 181. The summed E-state index contributed by atoms with van der Waals surface area (Å²) in [5, 5.41) is 4.02. The fraction of sp³-hybridized carbons (Fsp3) is 0.222. The van der Waals surface area contributed by atoms with Crippen LogP contribution in [0.15, 0.2) is 218 Å². The van der Waals surface area contributed by atoms with Crippen molar-refractivity contribution in [3.05, 3.63) is 241 Å². The molecule has 4 heterocycles. The lowest BCUT2D eigenvalue weighted by molar-refractivity contribution is 0.594. The first-order valence-corrected chi connectivity index (χ1v) is 28.0. The number of hydrogen-bond acceptors (Lipinski definition) is 0. The molecule has 0 aliphatic heterocycles. The van der Waals surface area contributed by atoms with Gasteiger partial charge in [-0.15, -0.1) is 0 Å². The zero-order chi connectivity index (χ0) is 70.3. The van der Waals surface area contributed by atoms with E-state index in [0.717, 1.165) is 20.7 Å². The van der Waals surface area contributed by atoms with E-state index in [9.17, 15) is 11.0 Å². The number of para-hydroxylation sites is 4. The molecule has 0 saturated heterocycles. The number of fused-ring (bicyclic) bond motifs is 4. The molecule has 77 heavy (non-hydrogen) atoms. The average Bonchev–Trinajstić information content (AvgIpc) is 1.20. The van der Waals surface area contributed by atoms with E-state index < -0.39 is 66.0 Å². The fourth-order valence-electron chi connectivity index (χ4n) is 10.9. The highest BCUT2D eigenvalue weighted by Gasteiger charge is 2.42. The maximum absolute atomic E-state index is 9.81. The lowest BCUT2D eigenvalue weighted by Gasteiger charge is -2.35. The van der Waals surface area contributed by atoms with Crippen molar-refractivity contribution in [3.8, 4) is 22.7 Å². The van der Waals surface area contributed by atoms with Crippen molar-refractivity contribution in [2.45, 2.75) is 105 Å². The molecule has 4 aromatic heterocycles. The summed E-state index contributed by atoms with van der Waals surface area (Å²) in [7, 11) is -3.98. The van der Waals surface area contributed by atoms with Gasteiger partial charge in [-0.1, -0.05) is 204 Å². The number of nitrogens with zero attached hydrogens (tertiary/aromatic N) is 4. The van der Waals surface area contributed by atoms with E-state index >= 15 is 0 Å². The third kappa shape index (κ3) is 8.42. The van der Waals surface area contributed by atoms with Gasteiger partial charge >= 0.3 is 0 Å². The topological polar surface area (TPSA) is 19.7 Å². The molecular weight excluding hydrogens is 949 g/mol. The summed E-state index contributed by atoms with van der Waals surface area (Å²) in [6.07, 6.45) is -0.0163. The smallest absolute Gasteiger partial charge is 0.179 e. The van der Waals surface area contributed by atoms with Gasteiger partial charge in [-0.3, -0.25) is 0 Å². The minimum absolute atomic E-state index is 0.0210. The van der Waals surface area contributed by atoms with Gasteiger partial charge in [-0.25, -0.2) is 0 Å². The van der Waals surface area contributed by atoms with Crippen LogP contribution in [0.25, 0.3) is 66.4 Å². The second-order valence-electron chi connectivity index (χ2n) is 24.2. The number of aromatic nitrogens is 4. The average molecular weight is 1040 g/mol.